The predicted molar refractivity (Wildman–Crippen MR) is 66.5 cm³/mol. The molecule has 0 fully saturated rings. The van der Waals surface area contributed by atoms with Gasteiger partial charge in [-0.1, -0.05) is 31.6 Å². The Bertz CT molecular complexity index is 360. The molecule has 17 heavy (non-hydrogen) atoms. The van der Waals surface area contributed by atoms with E-state index in [9.17, 15) is 9.90 Å². The van der Waals surface area contributed by atoms with Gasteiger partial charge in [0.05, 0.1) is 5.60 Å². The van der Waals surface area contributed by atoms with Crippen molar-refractivity contribution in [3.63, 3.8) is 0 Å². The number of hydrogen-bond acceptors (Lipinski definition) is 3. The van der Waals surface area contributed by atoms with Crippen LogP contribution in [-0.2, 0) is 4.79 Å². The van der Waals surface area contributed by atoms with Gasteiger partial charge in [0.15, 0.2) is 0 Å². The van der Waals surface area contributed by atoms with Crippen LogP contribution in [0.5, 0.6) is 0 Å². The highest BCUT2D eigenvalue weighted by Gasteiger charge is 2.27. The van der Waals surface area contributed by atoms with Crippen molar-refractivity contribution >= 4 is 5.97 Å². The second-order valence-corrected chi connectivity index (χ2v) is 4.60. The van der Waals surface area contributed by atoms with E-state index in [1.807, 2.05) is 19.9 Å². The molecule has 96 valence electrons. The molecule has 1 unspecified atom stereocenters. The van der Waals surface area contributed by atoms with Gasteiger partial charge < -0.3 is 15.9 Å². The average molecular weight is 239 g/mol. The number of carboxylic acid groups (broad SMARTS) is 1. The van der Waals surface area contributed by atoms with Gasteiger partial charge >= 0.3 is 5.97 Å². The van der Waals surface area contributed by atoms with Crippen molar-refractivity contribution in [1.82, 2.24) is 0 Å². The van der Waals surface area contributed by atoms with Gasteiger partial charge in [0, 0.05) is 6.42 Å². The first-order valence-electron chi connectivity index (χ1n) is 6.02. The summed E-state index contributed by atoms with van der Waals surface area (Å²) in [5, 5.41) is 19.0. The zero-order valence-corrected chi connectivity index (χ0v) is 10.4. The summed E-state index contributed by atoms with van der Waals surface area (Å²) in [5.41, 5.74) is 6.82. The Morgan fingerprint density at radius 2 is 2.24 bits per heavy atom. The van der Waals surface area contributed by atoms with Crippen molar-refractivity contribution in [2.45, 2.75) is 51.2 Å². The first-order chi connectivity index (χ1) is 7.91. The van der Waals surface area contributed by atoms with Gasteiger partial charge in [-0.15, -0.1) is 0 Å². The Kier molecular flexibility index (Phi) is 4.48. The van der Waals surface area contributed by atoms with Crippen LogP contribution in [0.3, 0.4) is 0 Å². The normalized spacial score (nSPS) is 26.1. The molecule has 0 radical (unpaired) electrons. The summed E-state index contributed by atoms with van der Waals surface area (Å²) in [6.45, 7) is 3.95. The number of allylic oxidation sites excluding steroid dienone is 1. The zero-order chi connectivity index (χ0) is 13.1. The van der Waals surface area contributed by atoms with Crippen LogP contribution in [0.2, 0.25) is 0 Å². The number of nitrogens with two attached hydrogens (primary N) is 1. The molecule has 4 nitrogen and oxygen atoms in total. The molecule has 0 amide bonds. The topological polar surface area (TPSA) is 83.6 Å². The second-order valence-electron chi connectivity index (χ2n) is 4.60. The summed E-state index contributed by atoms with van der Waals surface area (Å²) in [6.07, 6.45) is 5.97. The van der Waals surface area contributed by atoms with E-state index in [2.05, 4.69) is 0 Å². The van der Waals surface area contributed by atoms with Gasteiger partial charge in [-0.2, -0.15) is 0 Å². The number of aliphatic hydroxyl groups is 1. The van der Waals surface area contributed by atoms with Crippen molar-refractivity contribution in [2.75, 3.05) is 0 Å². The lowest BCUT2D eigenvalue weighted by Gasteiger charge is -2.30. The minimum atomic E-state index is -0.988. The number of hydrogen-bond donors (Lipinski definition) is 3. The lowest BCUT2D eigenvalue weighted by Crippen LogP contribution is -2.32. The highest BCUT2D eigenvalue weighted by atomic mass is 16.4. The van der Waals surface area contributed by atoms with E-state index >= 15 is 0 Å². The molecule has 2 atom stereocenters. The molecule has 0 saturated heterocycles. The van der Waals surface area contributed by atoms with Crippen molar-refractivity contribution < 1.29 is 15.0 Å². The SMILES string of the molecule is CCC1=C(C[C@H](N)C(=O)O)C=CC(O)(CC)C1. The summed E-state index contributed by atoms with van der Waals surface area (Å²) in [7, 11) is 0. The number of carboxylic acids is 1. The molecule has 1 aliphatic rings. The second kappa shape index (κ2) is 5.47. The maximum Gasteiger partial charge on any atom is 0.320 e. The third kappa shape index (κ3) is 3.41. The smallest absolute Gasteiger partial charge is 0.320 e. The minimum absolute atomic E-state index is 0.328. The van der Waals surface area contributed by atoms with Crippen molar-refractivity contribution in [3.8, 4) is 0 Å². The van der Waals surface area contributed by atoms with Gasteiger partial charge in [-0.25, -0.2) is 0 Å². The summed E-state index contributed by atoms with van der Waals surface area (Å²) < 4.78 is 0. The van der Waals surface area contributed by atoms with Crippen LogP contribution >= 0.6 is 0 Å². The van der Waals surface area contributed by atoms with Crippen LogP contribution in [-0.4, -0.2) is 27.8 Å². The van der Waals surface area contributed by atoms with Crippen LogP contribution in [0.15, 0.2) is 23.3 Å². The van der Waals surface area contributed by atoms with Gasteiger partial charge in [-0.05, 0) is 24.8 Å². The quantitative estimate of drug-likeness (QED) is 0.680. The van der Waals surface area contributed by atoms with Crippen LogP contribution in [0.1, 0.15) is 39.5 Å². The monoisotopic (exact) mass is 239 g/mol. The number of aliphatic carboxylic acids is 1. The summed E-state index contributed by atoms with van der Waals surface area (Å²) in [5.74, 6) is -0.988. The molecule has 0 aliphatic heterocycles. The van der Waals surface area contributed by atoms with Crippen molar-refractivity contribution in [3.05, 3.63) is 23.3 Å². The standard InChI is InChI=1S/C13H21NO3/c1-3-9-8-13(17,4-2)6-5-10(9)7-11(14)12(15)16/h5-6,11,17H,3-4,7-8,14H2,1-2H3,(H,15,16)/t11-,13?/m0/s1. The molecule has 0 spiro atoms. The third-order valence-electron chi connectivity index (χ3n) is 3.36. The van der Waals surface area contributed by atoms with E-state index in [4.69, 9.17) is 10.8 Å². The Hall–Kier alpha value is -1.13. The lowest BCUT2D eigenvalue weighted by molar-refractivity contribution is -0.138. The van der Waals surface area contributed by atoms with Crippen LogP contribution in [0.4, 0.5) is 0 Å². The molecule has 4 heteroatoms. The number of carbonyl (C=O) groups is 1. The average Bonchev–Trinajstić information content (AvgIpc) is 2.31. The van der Waals surface area contributed by atoms with E-state index in [1.54, 1.807) is 6.08 Å². The van der Waals surface area contributed by atoms with E-state index in [-0.39, 0.29) is 0 Å². The zero-order valence-electron chi connectivity index (χ0n) is 10.4. The molecular weight excluding hydrogens is 218 g/mol. The van der Waals surface area contributed by atoms with Crippen LogP contribution in [0.25, 0.3) is 0 Å². The first-order valence-corrected chi connectivity index (χ1v) is 6.02. The van der Waals surface area contributed by atoms with Gasteiger partial charge in [0.25, 0.3) is 0 Å². The van der Waals surface area contributed by atoms with Gasteiger partial charge in [0.1, 0.15) is 6.04 Å². The summed E-state index contributed by atoms with van der Waals surface area (Å²) in [6, 6.07) is -0.871. The van der Waals surface area contributed by atoms with Crippen LogP contribution in [0, 0.1) is 0 Å². The fourth-order valence-corrected chi connectivity index (χ4v) is 2.05. The van der Waals surface area contributed by atoms with E-state index < -0.39 is 17.6 Å². The molecule has 4 N–H and O–H groups in total. The van der Waals surface area contributed by atoms with E-state index in [1.165, 1.54) is 0 Å². The molecule has 0 aromatic rings. The van der Waals surface area contributed by atoms with Gasteiger partial charge in [-0.3, -0.25) is 4.79 Å². The maximum absolute atomic E-state index is 10.7. The minimum Gasteiger partial charge on any atom is -0.480 e. The molecular formula is C13H21NO3. The highest BCUT2D eigenvalue weighted by molar-refractivity contribution is 5.73. The third-order valence-corrected chi connectivity index (χ3v) is 3.36. The lowest BCUT2D eigenvalue weighted by atomic mass is 9.81. The molecule has 0 heterocycles. The fraction of sp³-hybridized carbons (Fsp3) is 0.615. The molecule has 1 rings (SSSR count). The summed E-state index contributed by atoms with van der Waals surface area (Å²) in [4.78, 5) is 10.7. The molecule has 0 saturated carbocycles. The Morgan fingerprint density at radius 3 is 2.71 bits per heavy atom. The largest absolute Gasteiger partial charge is 0.480 e. The molecule has 0 aromatic carbocycles. The Labute approximate surface area is 102 Å². The fourth-order valence-electron chi connectivity index (χ4n) is 2.05. The van der Waals surface area contributed by atoms with E-state index in [0.29, 0.717) is 19.3 Å². The van der Waals surface area contributed by atoms with E-state index in [0.717, 1.165) is 17.6 Å². The Morgan fingerprint density at radius 1 is 1.59 bits per heavy atom. The molecule has 0 aromatic heterocycles. The summed E-state index contributed by atoms with van der Waals surface area (Å²) >= 11 is 0. The van der Waals surface area contributed by atoms with Crippen LogP contribution < -0.4 is 5.73 Å². The predicted octanol–water partition coefficient (Wildman–Crippen LogP) is 1.60. The van der Waals surface area contributed by atoms with Crippen molar-refractivity contribution in [2.24, 2.45) is 5.73 Å². The van der Waals surface area contributed by atoms with Crippen molar-refractivity contribution in [1.29, 1.82) is 0 Å². The first kappa shape index (κ1) is 13.9. The molecule has 0 bridgehead atoms. The van der Waals surface area contributed by atoms with Gasteiger partial charge in [0.2, 0.25) is 0 Å². The Balaban J connectivity index is 2.85. The highest BCUT2D eigenvalue weighted by Crippen LogP contribution is 2.32. The molecule has 1 aliphatic carbocycles. The number of rotatable bonds is 5. The maximum atomic E-state index is 10.7.